The van der Waals surface area contributed by atoms with Gasteiger partial charge in [0.15, 0.2) is 0 Å². The van der Waals surface area contributed by atoms with Gasteiger partial charge in [0.2, 0.25) is 0 Å². The van der Waals surface area contributed by atoms with Crippen molar-refractivity contribution in [1.82, 2.24) is 10.3 Å². The quantitative estimate of drug-likeness (QED) is 0.823. The first-order valence-corrected chi connectivity index (χ1v) is 7.81. The number of benzene rings is 1. The maximum absolute atomic E-state index is 13.4. The predicted octanol–water partition coefficient (Wildman–Crippen LogP) is 3.24. The topological polar surface area (TPSA) is 62.2 Å². The zero-order chi connectivity index (χ0) is 17.3. The van der Waals surface area contributed by atoms with Gasteiger partial charge in [0.05, 0.1) is 11.1 Å². The molecule has 1 aromatic carbocycles. The van der Waals surface area contributed by atoms with E-state index in [9.17, 15) is 18.0 Å². The molecule has 4 nitrogen and oxygen atoms in total. The average Bonchev–Trinajstić information content (AvgIpc) is 3.37. The Morgan fingerprint density at radius 3 is 2.67 bits per heavy atom. The summed E-state index contributed by atoms with van der Waals surface area (Å²) >= 11 is 0. The summed E-state index contributed by atoms with van der Waals surface area (Å²) in [6.45, 7) is 0.162. The van der Waals surface area contributed by atoms with E-state index < -0.39 is 17.6 Å². The van der Waals surface area contributed by atoms with E-state index in [0.29, 0.717) is 17.4 Å². The molecule has 1 fully saturated rings. The van der Waals surface area contributed by atoms with Gasteiger partial charge in [-0.3, -0.25) is 4.79 Å². The third kappa shape index (κ3) is 3.51. The van der Waals surface area contributed by atoms with Crippen LogP contribution in [0.1, 0.15) is 46.8 Å². The number of carbonyl (C=O) groups excluding carboxylic acids is 1. The molecule has 0 atom stereocenters. The lowest BCUT2D eigenvalue weighted by molar-refractivity contribution is -0.136. The number of nitrogens with one attached hydrogen (secondary N) is 1. The van der Waals surface area contributed by atoms with E-state index >= 15 is 0 Å². The molecule has 0 unspecified atom stereocenters. The lowest BCUT2D eigenvalue weighted by atomic mass is 10.0. The number of fused-ring (bicyclic) bond motifs is 1. The summed E-state index contributed by atoms with van der Waals surface area (Å²) in [6.07, 6.45) is -2.34. The van der Waals surface area contributed by atoms with Crippen molar-refractivity contribution in [2.45, 2.75) is 31.4 Å². The second-order valence-corrected chi connectivity index (χ2v) is 5.94. The van der Waals surface area contributed by atoms with Crippen molar-refractivity contribution in [3.63, 3.8) is 0 Å². The Morgan fingerprint density at radius 1 is 1.29 bits per heavy atom. The van der Waals surface area contributed by atoms with Crippen molar-refractivity contribution in [3.8, 4) is 0 Å². The van der Waals surface area contributed by atoms with Crippen LogP contribution in [-0.4, -0.2) is 29.1 Å². The summed E-state index contributed by atoms with van der Waals surface area (Å²) in [5, 5.41) is 11.6. The molecular formula is C17H17F3N2O2. The molecule has 1 aliphatic rings. The normalized spacial score (nSPS) is 14.8. The summed E-state index contributed by atoms with van der Waals surface area (Å²) in [5.41, 5.74) is -0.393. The first-order chi connectivity index (χ1) is 11.4. The van der Waals surface area contributed by atoms with Crippen molar-refractivity contribution < 1.29 is 23.1 Å². The highest BCUT2D eigenvalue weighted by molar-refractivity contribution is 5.95. The lowest BCUT2D eigenvalue weighted by Gasteiger charge is -2.13. The van der Waals surface area contributed by atoms with Crippen LogP contribution in [0.15, 0.2) is 24.3 Å². The molecule has 3 rings (SSSR count). The van der Waals surface area contributed by atoms with Crippen LogP contribution in [0.5, 0.6) is 0 Å². The van der Waals surface area contributed by atoms with Crippen LogP contribution in [0, 0.1) is 0 Å². The molecule has 128 valence electrons. The number of hydrogen-bond donors (Lipinski definition) is 2. The molecule has 1 aromatic heterocycles. The van der Waals surface area contributed by atoms with Gasteiger partial charge in [-0.15, -0.1) is 0 Å². The highest BCUT2D eigenvalue weighted by atomic mass is 19.4. The number of rotatable bonds is 5. The monoisotopic (exact) mass is 338 g/mol. The molecule has 1 amide bonds. The summed E-state index contributed by atoms with van der Waals surface area (Å²) in [7, 11) is 0. The van der Waals surface area contributed by atoms with Gasteiger partial charge in [-0.1, -0.05) is 6.07 Å². The Morgan fingerprint density at radius 2 is 2.04 bits per heavy atom. The molecule has 1 saturated carbocycles. The van der Waals surface area contributed by atoms with E-state index in [1.165, 1.54) is 12.1 Å². The number of aliphatic hydroxyl groups excluding tert-OH is 1. The number of alkyl halides is 3. The maximum Gasteiger partial charge on any atom is 0.418 e. The van der Waals surface area contributed by atoms with Gasteiger partial charge in [0, 0.05) is 18.5 Å². The van der Waals surface area contributed by atoms with Crippen LogP contribution in [-0.2, 0) is 6.18 Å². The Bertz CT molecular complexity index is 770. The highest BCUT2D eigenvalue weighted by Crippen LogP contribution is 2.44. The molecule has 0 bridgehead atoms. The molecule has 0 aliphatic heterocycles. The van der Waals surface area contributed by atoms with E-state index in [1.54, 1.807) is 6.07 Å². The van der Waals surface area contributed by atoms with Gasteiger partial charge in [0.25, 0.3) is 5.91 Å². The van der Waals surface area contributed by atoms with Gasteiger partial charge < -0.3 is 10.4 Å². The molecule has 1 aliphatic carbocycles. The van der Waals surface area contributed by atoms with Crippen molar-refractivity contribution in [2.75, 3.05) is 13.2 Å². The van der Waals surface area contributed by atoms with Crippen LogP contribution in [0.4, 0.5) is 13.2 Å². The Hall–Kier alpha value is -2.15. The number of aliphatic hydroxyl groups is 1. The van der Waals surface area contributed by atoms with Crippen LogP contribution < -0.4 is 5.32 Å². The zero-order valence-electron chi connectivity index (χ0n) is 12.9. The molecule has 0 radical (unpaired) electrons. The molecule has 24 heavy (non-hydrogen) atoms. The van der Waals surface area contributed by atoms with Crippen LogP contribution in [0.2, 0.25) is 0 Å². The van der Waals surface area contributed by atoms with Crippen molar-refractivity contribution in [2.24, 2.45) is 0 Å². The van der Waals surface area contributed by atoms with E-state index in [2.05, 4.69) is 10.3 Å². The van der Waals surface area contributed by atoms with Crippen LogP contribution in [0.3, 0.4) is 0 Å². The first kappa shape index (κ1) is 16.7. The Labute approximate surface area is 136 Å². The van der Waals surface area contributed by atoms with E-state index in [-0.39, 0.29) is 30.3 Å². The predicted molar refractivity (Wildman–Crippen MR) is 82.8 cm³/mol. The third-order valence-corrected chi connectivity index (χ3v) is 4.02. The third-order valence-electron chi connectivity index (χ3n) is 4.02. The second kappa shape index (κ2) is 6.39. The lowest BCUT2D eigenvalue weighted by Crippen LogP contribution is -2.26. The zero-order valence-corrected chi connectivity index (χ0v) is 12.9. The molecule has 0 saturated heterocycles. The van der Waals surface area contributed by atoms with Gasteiger partial charge in [-0.05, 0) is 48.9 Å². The fraction of sp³-hybridized carbons (Fsp3) is 0.412. The van der Waals surface area contributed by atoms with Crippen molar-refractivity contribution in [1.29, 1.82) is 0 Å². The van der Waals surface area contributed by atoms with Crippen molar-refractivity contribution in [3.05, 3.63) is 41.1 Å². The van der Waals surface area contributed by atoms with Crippen LogP contribution in [0.25, 0.3) is 10.9 Å². The minimum absolute atomic E-state index is 0.0647. The molecule has 2 N–H and O–H groups in total. The fourth-order valence-corrected chi connectivity index (χ4v) is 2.62. The summed E-state index contributed by atoms with van der Waals surface area (Å²) in [4.78, 5) is 15.9. The minimum Gasteiger partial charge on any atom is -0.396 e. The number of carbonyl (C=O) groups is 1. The standard InChI is InChI=1S/C17H17F3N2O2/c18-17(19,20)13-9-12(10-2-3-10)8-11-4-5-14(22-15(11)13)16(24)21-6-1-7-23/h4-5,8-10,23H,1-3,6-7H2,(H,21,24). The Kier molecular flexibility index (Phi) is 4.45. The smallest absolute Gasteiger partial charge is 0.396 e. The average molecular weight is 338 g/mol. The highest BCUT2D eigenvalue weighted by Gasteiger charge is 2.36. The van der Waals surface area contributed by atoms with E-state index in [4.69, 9.17) is 5.11 Å². The molecular weight excluding hydrogens is 321 g/mol. The summed E-state index contributed by atoms with van der Waals surface area (Å²) < 4.78 is 40.2. The summed E-state index contributed by atoms with van der Waals surface area (Å²) in [6, 6.07) is 5.81. The van der Waals surface area contributed by atoms with E-state index in [1.807, 2.05) is 0 Å². The molecule has 0 spiro atoms. The molecule has 1 heterocycles. The first-order valence-electron chi connectivity index (χ1n) is 7.81. The number of aromatic nitrogens is 1. The van der Waals surface area contributed by atoms with Gasteiger partial charge in [0.1, 0.15) is 5.69 Å². The van der Waals surface area contributed by atoms with Gasteiger partial charge in [-0.2, -0.15) is 13.2 Å². The summed E-state index contributed by atoms with van der Waals surface area (Å²) in [5.74, 6) is -0.360. The number of pyridine rings is 1. The number of amides is 1. The van der Waals surface area contributed by atoms with E-state index in [0.717, 1.165) is 18.9 Å². The minimum atomic E-state index is -4.53. The fourth-order valence-electron chi connectivity index (χ4n) is 2.62. The van der Waals surface area contributed by atoms with Crippen molar-refractivity contribution >= 4 is 16.8 Å². The largest absolute Gasteiger partial charge is 0.418 e. The molecule has 2 aromatic rings. The maximum atomic E-state index is 13.4. The Balaban J connectivity index is 2.01. The van der Waals surface area contributed by atoms with Crippen LogP contribution >= 0.6 is 0 Å². The SMILES string of the molecule is O=C(NCCCO)c1ccc2cc(C3CC3)cc(C(F)(F)F)c2n1. The molecule has 7 heteroatoms. The number of hydrogen-bond acceptors (Lipinski definition) is 3. The second-order valence-electron chi connectivity index (χ2n) is 5.94. The number of nitrogens with zero attached hydrogens (tertiary/aromatic N) is 1. The van der Waals surface area contributed by atoms with Gasteiger partial charge >= 0.3 is 6.18 Å². The number of halogens is 3. The van der Waals surface area contributed by atoms with Gasteiger partial charge in [-0.25, -0.2) is 4.98 Å².